The molecule has 0 spiro atoms. The number of hydrogen-bond donors (Lipinski definition) is 2. The predicted octanol–water partition coefficient (Wildman–Crippen LogP) is 2.67. The van der Waals surface area contributed by atoms with Crippen LogP contribution in [0.2, 0.25) is 0 Å². The monoisotopic (exact) mass is 354 g/mol. The molecule has 0 saturated heterocycles. The Morgan fingerprint density at radius 1 is 1.33 bits per heavy atom. The van der Waals surface area contributed by atoms with Gasteiger partial charge < -0.3 is 14.8 Å². The minimum Gasteiger partial charge on any atom is -0.495 e. The molecule has 2 aromatic rings. The zero-order valence-corrected chi connectivity index (χ0v) is 13.9. The summed E-state index contributed by atoms with van der Waals surface area (Å²) in [4.78, 5) is 4.26. The highest BCUT2D eigenvalue weighted by atomic mass is 79.9. The van der Waals surface area contributed by atoms with E-state index < -0.39 is 0 Å². The minimum atomic E-state index is -0.121. The number of halogens is 1. The molecule has 1 aromatic heterocycles. The van der Waals surface area contributed by atoms with Gasteiger partial charge in [0.05, 0.1) is 20.3 Å². The van der Waals surface area contributed by atoms with E-state index in [-0.39, 0.29) is 6.04 Å². The van der Waals surface area contributed by atoms with Crippen molar-refractivity contribution in [2.45, 2.75) is 19.4 Å². The van der Waals surface area contributed by atoms with Crippen LogP contribution in [0, 0.1) is 0 Å². The zero-order chi connectivity index (χ0) is 15.2. The molecule has 21 heavy (non-hydrogen) atoms. The number of rotatable bonds is 7. The second-order valence-corrected chi connectivity index (χ2v) is 5.26. The van der Waals surface area contributed by atoms with Crippen molar-refractivity contribution >= 4 is 15.9 Å². The number of H-pyrrole nitrogens is 1. The number of aromatic nitrogens is 3. The van der Waals surface area contributed by atoms with E-state index in [1.807, 2.05) is 12.1 Å². The lowest BCUT2D eigenvalue weighted by molar-refractivity contribution is 0.381. The molecule has 0 aliphatic rings. The van der Waals surface area contributed by atoms with Crippen LogP contribution in [0.4, 0.5) is 0 Å². The van der Waals surface area contributed by atoms with Gasteiger partial charge in [-0.1, -0.05) is 6.92 Å². The lowest BCUT2D eigenvalue weighted by Gasteiger charge is -2.21. The number of nitrogens with zero attached hydrogens (tertiary/aromatic N) is 2. The van der Waals surface area contributed by atoms with Gasteiger partial charge in [-0.3, -0.25) is 5.10 Å². The molecule has 1 aromatic carbocycles. The van der Waals surface area contributed by atoms with E-state index in [1.54, 1.807) is 14.2 Å². The van der Waals surface area contributed by atoms with Crippen LogP contribution in [0.3, 0.4) is 0 Å². The summed E-state index contributed by atoms with van der Waals surface area (Å²) in [7, 11) is 3.27. The molecule has 2 N–H and O–H groups in total. The third-order valence-corrected chi connectivity index (χ3v) is 3.88. The van der Waals surface area contributed by atoms with Crippen LogP contribution in [-0.2, 0) is 0 Å². The molecule has 0 bridgehead atoms. The maximum Gasteiger partial charge on any atom is 0.146 e. The second-order valence-electron chi connectivity index (χ2n) is 4.46. The van der Waals surface area contributed by atoms with Gasteiger partial charge in [-0.15, -0.1) is 0 Å². The highest BCUT2D eigenvalue weighted by Gasteiger charge is 2.23. The number of aromatic amines is 1. The summed E-state index contributed by atoms with van der Waals surface area (Å²) in [6.45, 7) is 2.98. The largest absolute Gasteiger partial charge is 0.495 e. The Kier molecular flexibility index (Phi) is 5.58. The van der Waals surface area contributed by atoms with E-state index in [2.05, 4.69) is 43.4 Å². The summed E-state index contributed by atoms with van der Waals surface area (Å²) < 4.78 is 11.6. The van der Waals surface area contributed by atoms with Crippen LogP contribution in [0.5, 0.6) is 11.5 Å². The number of nitrogens with one attached hydrogen (secondary N) is 2. The van der Waals surface area contributed by atoms with Crippen molar-refractivity contribution in [1.29, 1.82) is 0 Å². The molecule has 114 valence electrons. The summed E-state index contributed by atoms with van der Waals surface area (Å²) in [6, 6.07) is 3.75. The van der Waals surface area contributed by atoms with Gasteiger partial charge >= 0.3 is 0 Å². The van der Waals surface area contributed by atoms with Gasteiger partial charge in [0.1, 0.15) is 28.1 Å². The predicted molar refractivity (Wildman–Crippen MR) is 83.8 cm³/mol. The van der Waals surface area contributed by atoms with Gasteiger partial charge in [0.15, 0.2) is 0 Å². The first-order valence-corrected chi connectivity index (χ1v) is 7.51. The fraction of sp³-hybridized carbons (Fsp3) is 0.429. The molecule has 0 aliphatic carbocycles. The fourth-order valence-corrected chi connectivity index (χ4v) is 2.83. The minimum absolute atomic E-state index is 0.121. The first-order valence-electron chi connectivity index (χ1n) is 6.71. The maximum atomic E-state index is 5.55. The van der Waals surface area contributed by atoms with E-state index in [0.717, 1.165) is 40.3 Å². The molecular formula is C14H19BrN4O2. The number of benzene rings is 1. The van der Waals surface area contributed by atoms with E-state index in [4.69, 9.17) is 9.47 Å². The standard InChI is InChI=1S/C14H19BrN4O2/c1-4-7-16-12(14-17-8-18-19-14)9-5-6-10(20-2)11(15)13(9)21-3/h5-6,8,12,16H,4,7H2,1-3H3,(H,17,18,19). The van der Waals surface area contributed by atoms with E-state index in [0.29, 0.717) is 0 Å². The molecule has 0 saturated carbocycles. The second kappa shape index (κ2) is 7.42. The summed E-state index contributed by atoms with van der Waals surface area (Å²) in [5.41, 5.74) is 0.968. The Balaban J connectivity index is 2.46. The molecule has 1 atom stereocenters. The average Bonchev–Trinajstić information content (AvgIpc) is 3.02. The maximum absolute atomic E-state index is 5.55. The van der Waals surface area contributed by atoms with Crippen molar-refractivity contribution < 1.29 is 9.47 Å². The first kappa shape index (κ1) is 15.8. The first-order chi connectivity index (χ1) is 10.2. The quantitative estimate of drug-likeness (QED) is 0.799. The van der Waals surface area contributed by atoms with Gasteiger partial charge in [0.25, 0.3) is 0 Å². The van der Waals surface area contributed by atoms with Crippen molar-refractivity contribution in [1.82, 2.24) is 20.5 Å². The average molecular weight is 355 g/mol. The van der Waals surface area contributed by atoms with E-state index >= 15 is 0 Å². The van der Waals surface area contributed by atoms with Gasteiger partial charge in [0.2, 0.25) is 0 Å². The smallest absolute Gasteiger partial charge is 0.146 e. The Bertz CT molecular complexity index is 575. The van der Waals surface area contributed by atoms with Crippen molar-refractivity contribution in [2.75, 3.05) is 20.8 Å². The molecular weight excluding hydrogens is 336 g/mol. The summed E-state index contributed by atoms with van der Waals surface area (Å²) in [5, 5.41) is 10.3. The molecule has 0 aliphatic heterocycles. The third-order valence-electron chi connectivity index (χ3n) is 3.13. The van der Waals surface area contributed by atoms with Crippen LogP contribution in [-0.4, -0.2) is 35.9 Å². The van der Waals surface area contributed by atoms with Crippen molar-refractivity contribution in [3.05, 3.63) is 34.3 Å². The highest BCUT2D eigenvalue weighted by Crippen LogP contribution is 2.40. The molecule has 1 unspecified atom stereocenters. The zero-order valence-electron chi connectivity index (χ0n) is 12.3. The SMILES string of the molecule is CCCNC(c1ncn[nH]1)c1ccc(OC)c(Br)c1OC. The highest BCUT2D eigenvalue weighted by molar-refractivity contribution is 9.10. The van der Waals surface area contributed by atoms with Crippen LogP contribution in [0.25, 0.3) is 0 Å². The van der Waals surface area contributed by atoms with Gasteiger partial charge in [-0.05, 0) is 41.0 Å². The molecule has 0 amide bonds. The Morgan fingerprint density at radius 3 is 2.71 bits per heavy atom. The molecule has 6 nitrogen and oxygen atoms in total. The van der Waals surface area contributed by atoms with Crippen LogP contribution >= 0.6 is 15.9 Å². The van der Waals surface area contributed by atoms with Crippen molar-refractivity contribution in [2.24, 2.45) is 0 Å². The fourth-order valence-electron chi connectivity index (χ4n) is 2.14. The molecule has 7 heteroatoms. The van der Waals surface area contributed by atoms with E-state index in [1.165, 1.54) is 6.33 Å². The summed E-state index contributed by atoms with van der Waals surface area (Å²) in [6.07, 6.45) is 2.52. The Morgan fingerprint density at radius 2 is 2.14 bits per heavy atom. The van der Waals surface area contributed by atoms with Gasteiger partial charge in [0, 0.05) is 5.56 Å². The lowest BCUT2D eigenvalue weighted by atomic mass is 10.0. The van der Waals surface area contributed by atoms with Gasteiger partial charge in [-0.25, -0.2) is 4.98 Å². The summed E-state index contributed by atoms with van der Waals surface area (Å²) >= 11 is 3.53. The Labute approximate surface area is 132 Å². The van der Waals surface area contributed by atoms with E-state index in [9.17, 15) is 0 Å². The third kappa shape index (κ3) is 3.36. The van der Waals surface area contributed by atoms with Crippen molar-refractivity contribution in [3.63, 3.8) is 0 Å². The molecule has 0 radical (unpaired) electrons. The normalized spacial score (nSPS) is 12.2. The van der Waals surface area contributed by atoms with Crippen molar-refractivity contribution in [3.8, 4) is 11.5 Å². The number of ether oxygens (including phenoxy) is 2. The molecule has 1 heterocycles. The Hall–Kier alpha value is -1.60. The molecule has 2 rings (SSSR count). The lowest BCUT2D eigenvalue weighted by Crippen LogP contribution is -2.25. The number of methoxy groups -OCH3 is 2. The topological polar surface area (TPSA) is 72.1 Å². The summed E-state index contributed by atoms with van der Waals surface area (Å²) in [5.74, 6) is 2.19. The van der Waals surface area contributed by atoms with Crippen LogP contribution < -0.4 is 14.8 Å². The van der Waals surface area contributed by atoms with Gasteiger partial charge in [-0.2, -0.15) is 5.10 Å². The number of hydrogen-bond acceptors (Lipinski definition) is 5. The van der Waals surface area contributed by atoms with Crippen LogP contribution in [0.15, 0.2) is 22.9 Å². The van der Waals surface area contributed by atoms with Crippen LogP contribution in [0.1, 0.15) is 30.8 Å². The molecule has 0 fully saturated rings.